The molecule has 1 atom stereocenters. The molecule has 5 nitrogen and oxygen atoms in total. The lowest BCUT2D eigenvalue weighted by Crippen LogP contribution is -2.09. The second-order valence-corrected chi connectivity index (χ2v) is 4.91. The van der Waals surface area contributed by atoms with Crippen molar-refractivity contribution in [2.75, 3.05) is 6.61 Å². The fourth-order valence-corrected chi connectivity index (χ4v) is 2.00. The summed E-state index contributed by atoms with van der Waals surface area (Å²) < 4.78 is 7.23. The zero-order valence-corrected chi connectivity index (χ0v) is 11.9. The number of hydrogen-bond donors (Lipinski definition) is 1. The average molecular weight is 301 g/mol. The van der Waals surface area contributed by atoms with Crippen molar-refractivity contribution in [2.24, 2.45) is 5.73 Å². The van der Waals surface area contributed by atoms with E-state index in [1.807, 2.05) is 6.92 Å². The van der Waals surface area contributed by atoms with Gasteiger partial charge in [-0.15, -0.1) is 5.10 Å². The van der Waals surface area contributed by atoms with Crippen LogP contribution in [0, 0.1) is 0 Å². The van der Waals surface area contributed by atoms with Gasteiger partial charge < -0.3 is 10.5 Å². The van der Waals surface area contributed by atoms with Crippen molar-refractivity contribution in [3.05, 3.63) is 40.1 Å². The molecule has 2 rings (SSSR count). The molecule has 0 aliphatic heterocycles. The van der Waals surface area contributed by atoms with Gasteiger partial charge in [-0.2, -0.15) is 0 Å². The summed E-state index contributed by atoms with van der Waals surface area (Å²) in [4.78, 5) is 0. The summed E-state index contributed by atoms with van der Waals surface area (Å²) in [6, 6.07) is 5.09. The lowest BCUT2D eigenvalue weighted by molar-refractivity contribution is 0.290. The molecule has 0 bridgehead atoms. The summed E-state index contributed by atoms with van der Waals surface area (Å²) in [7, 11) is 0. The Morgan fingerprint density at radius 1 is 1.37 bits per heavy atom. The quantitative estimate of drug-likeness (QED) is 0.922. The minimum atomic E-state index is -0.132. The molecular formula is C12H14Cl2N4O. The second kappa shape index (κ2) is 6.23. The third-order valence-corrected chi connectivity index (χ3v) is 3.10. The molecule has 7 heteroatoms. The van der Waals surface area contributed by atoms with E-state index >= 15 is 0 Å². The predicted octanol–water partition coefficient (Wildman–Crippen LogP) is 2.68. The Labute approximate surface area is 121 Å². The summed E-state index contributed by atoms with van der Waals surface area (Å²) >= 11 is 12.0. The number of nitrogens with zero attached hydrogens (tertiary/aromatic N) is 3. The van der Waals surface area contributed by atoms with Gasteiger partial charge in [-0.25, -0.2) is 4.68 Å². The normalized spacial score (nSPS) is 12.4. The molecule has 19 heavy (non-hydrogen) atoms. The number of halogens is 2. The van der Waals surface area contributed by atoms with Gasteiger partial charge in [-0.3, -0.25) is 0 Å². The fourth-order valence-electron chi connectivity index (χ4n) is 1.49. The number of nitrogens with two attached hydrogens (primary N) is 1. The fraction of sp³-hybridized carbons (Fsp3) is 0.333. The van der Waals surface area contributed by atoms with E-state index < -0.39 is 0 Å². The number of benzene rings is 1. The SMILES string of the molecule is CC(N)c1cn(CCOc2c(Cl)cccc2Cl)nn1. The first-order chi connectivity index (χ1) is 9.08. The Hall–Kier alpha value is -1.30. The van der Waals surface area contributed by atoms with Crippen LogP contribution in [0.1, 0.15) is 18.7 Å². The Kier molecular flexibility index (Phi) is 4.63. The van der Waals surface area contributed by atoms with Crippen LogP contribution < -0.4 is 10.5 Å². The molecule has 0 saturated carbocycles. The van der Waals surface area contributed by atoms with Gasteiger partial charge in [0.2, 0.25) is 0 Å². The first-order valence-electron chi connectivity index (χ1n) is 5.80. The molecule has 102 valence electrons. The third kappa shape index (κ3) is 3.59. The van der Waals surface area contributed by atoms with Crippen LogP contribution >= 0.6 is 23.2 Å². The highest BCUT2D eigenvalue weighted by molar-refractivity contribution is 6.37. The van der Waals surface area contributed by atoms with E-state index in [1.54, 1.807) is 29.1 Å². The van der Waals surface area contributed by atoms with E-state index in [4.69, 9.17) is 33.7 Å². The molecule has 0 spiro atoms. The van der Waals surface area contributed by atoms with Gasteiger partial charge in [0.1, 0.15) is 6.61 Å². The summed E-state index contributed by atoms with van der Waals surface area (Å²) in [5.41, 5.74) is 6.45. The standard InChI is InChI=1S/C12H14Cl2N4O/c1-8(15)11-7-18(17-16-11)5-6-19-12-9(13)3-2-4-10(12)14/h2-4,7-8H,5-6,15H2,1H3. The van der Waals surface area contributed by atoms with Crippen molar-refractivity contribution in [1.82, 2.24) is 15.0 Å². The van der Waals surface area contributed by atoms with Crippen molar-refractivity contribution >= 4 is 23.2 Å². The first kappa shape index (κ1) is 14.1. The molecule has 2 N–H and O–H groups in total. The van der Waals surface area contributed by atoms with Crippen LogP contribution in [0.4, 0.5) is 0 Å². The first-order valence-corrected chi connectivity index (χ1v) is 6.56. The van der Waals surface area contributed by atoms with E-state index in [-0.39, 0.29) is 6.04 Å². The minimum absolute atomic E-state index is 0.132. The maximum atomic E-state index is 6.00. The smallest absolute Gasteiger partial charge is 0.156 e. The molecule has 0 radical (unpaired) electrons. The number of para-hydroxylation sites is 1. The maximum Gasteiger partial charge on any atom is 0.156 e. The summed E-state index contributed by atoms with van der Waals surface area (Å²) in [5, 5.41) is 8.89. The van der Waals surface area contributed by atoms with E-state index in [9.17, 15) is 0 Å². The van der Waals surface area contributed by atoms with Crippen LogP contribution in [-0.4, -0.2) is 21.6 Å². The zero-order valence-electron chi connectivity index (χ0n) is 10.4. The highest BCUT2D eigenvalue weighted by Gasteiger charge is 2.08. The van der Waals surface area contributed by atoms with Crippen molar-refractivity contribution in [2.45, 2.75) is 19.5 Å². The van der Waals surface area contributed by atoms with Gasteiger partial charge in [0.05, 0.1) is 28.5 Å². The van der Waals surface area contributed by atoms with Crippen LogP contribution in [0.3, 0.4) is 0 Å². The second-order valence-electron chi connectivity index (χ2n) is 4.09. The monoisotopic (exact) mass is 300 g/mol. The lowest BCUT2D eigenvalue weighted by atomic mass is 10.3. The van der Waals surface area contributed by atoms with Gasteiger partial charge >= 0.3 is 0 Å². The summed E-state index contributed by atoms with van der Waals surface area (Å²) in [6.45, 7) is 2.79. The molecule has 0 amide bonds. The Morgan fingerprint density at radius 3 is 2.63 bits per heavy atom. The number of hydrogen-bond acceptors (Lipinski definition) is 4. The summed E-state index contributed by atoms with van der Waals surface area (Å²) in [6.07, 6.45) is 1.79. The number of ether oxygens (including phenoxy) is 1. The molecular weight excluding hydrogens is 287 g/mol. The van der Waals surface area contributed by atoms with Gasteiger partial charge in [-0.05, 0) is 19.1 Å². The van der Waals surface area contributed by atoms with Gasteiger partial charge in [0.25, 0.3) is 0 Å². The van der Waals surface area contributed by atoms with Crippen LogP contribution in [0.25, 0.3) is 0 Å². The van der Waals surface area contributed by atoms with Gasteiger partial charge in [-0.1, -0.05) is 34.5 Å². The molecule has 1 aromatic heterocycles. The molecule has 0 fully saturated rings. The number of aromatic nitrogens is 3. The van der Waals surface area contributed by atoms with E-state index in [0.717, 1.165) is 5.69 Å². The maximum absolute atomic E-state index is 6.00. The van der Waals surface area contributed by atoms with Gasteiger partial charge in [0, 0.05) is 6.04 Å². The topological polar surface area (TPSA) is 66.0 Å². The van der Waals surface area contributed by atoms with Crippen LogP contribution in [0.5, 0.6) is 5.75 Å². The van der Waals surface area contributed by atoms with Crippen molar-refractivity contribution in [3.8, 4) is 5.75 Å². The van der Waals surface area contributed by atoms with E-state index in [1.165, 1.54) is 0 Å². The predicted molar refractivity (Wildman–Crippen MR) is 74.6 cm³/mol. The van der Waals surface area contributed by atoms with Crippen LogP contribution in [0.2, 0.25) is 10.0 Å². The molecule has 1 aromatic carbocycles. The minimum Gasteiger partial charge on any atom is -0.489 e. The van der Waals surface area contributed by atoms with E-state index in [0.29, 0.717) is 28.9 Å². The lowest BCUT2D eigenvalue weighted by Gasteiger charge is -2.09. The molecule has 1 unspecified atom stereocenters. The Balaban J connectivity index is 1.92. The Morgan fingerprint density at radius 2 is 2.05 bits per heavy atom. The highest BCUT2D eigenvalue weighted by Crippen LogP contribution is 2.32. The molecule has 2 aromatic rings. The van der Waals surface area contributed by atoms with Crippen LogP contribution in [0.15, 0.2) is 24.4 Å². The molecule has 0 aliphatic rings. The largest absolute Gasteiger partial charge is 0.489 e. The highest BCUT2D eigenvalue weighted by atomic mass is 35.5. The zero-order chi connectivity index (χ0) is 13.8. The molecule has 0 aliphatic carbocycles. The average Bonchev–Trinajstić information content (AvgIpc) is 2.82. The Bertz CT molecular complexity index is 536. The third-order valence-electron chi connectivity index (χ3n) is 2.51. The number of rotatable bonds is 5. The van der Waals surface area contributed by atoms with Crippen molar-refractivity contribution in [1.29, 1.82) is 0 Å². The van der Waals surface area contributed by atoms with Crippen LogP contribution in [-0.2, 0) is 6.54 Å². The molecule has 0 saturated heterocycles. The van der Waals surface area contributed by atoms with Crippen molar-refractivity contribution < 1.29 is 4.74 Å². The van der Waals surface area contributed by atoms with Gasteiger partial charge in [0.15, 0.2) is 5.75 Å². The summed E-state index contributed by atoms with van der Waals surface area (Å²) in [5.74, 6) is 0.485. The molecule has 1 heterocycles. The van der Waals surface area contributed by atoms with Crippen molar-refractivity contribution in [3.63, 3.8) is 0 Å². The van der Waals surface area contributed by atoms with E-state index in [2.05, 4.69) is 10.3 Å².